The van der Waals surface area contributed by atoms with E-state index in [2.05, 4.69) is 0 Å². The molecule has 3 aromatic rings. The zero-order valence-corrected chi connectivity index (χ0v) is 16.6. The van der Waals surface area contributed by atoms with E-state index in [9.17, 15) is 18.0 Å². The predicted octanol–water partition coefficient (Wildman–Crippen LogP) is 3.81. The maximum atomic E-state index is 13.2. The summed E-state index contributed by atoms with van der Waals surface area (Å²) in [5.41, 5.74) is 2.31. The molecule has 6 heteroatoms. The summed E-state index contributed by atoms with van der Waals surface area (Å²) in [7, 11) is -3.93. The number of hydrogen-bond acceptors (Lipinski definition) is 4. The molecule has 0 N–H and O–H groups in total. The highest BCUT2D eigenvalue weighted by Crippen LogP contribution is 2.31. The first-order valence-corrected chi connectivity index (χ1v) is 10.7. The lowest BCUT2D eigenvalue weighted by Gasteiger charge is -2.33. The second-order valence-corrected chi connectivity index (χ2v) is 8.64. The van der Waals surface area contributed by atoms with Gasteiger partial charge in [0.15, 0.2) is 17.6 Å². The number of carbonyl (C=O) groups excluding carboxylic acids is 2. The third kappa shape index (κ3) is 3.20. The van der Waals surface area contributed by atoms with Crippen molar-refractivity contribution in [2.24, 2.45) is 0 Å². The molecule has 146 valence electrons. The Morgan fingerprint density at radius 2 is 1.45 bits per heavy atom. The minimum Gasteiger partial charge on any atom is -0.292 e. The largest absolute Gasteiger partial charge is 0.292 e. The normalized spacial score (nSPS) is 18.2. The van der Waals surface area contributed by atoms with Crippen molar-refractivity contribution in [2.75, 3.05) is 6.54 Å². The van der Waals surface area contributed by atoms with Crippen LogP contribution in [0, 0.1) is 0 Å². The van der Waals surface area contributed by atoms with Crippen LogP contribution in [0.4, 0.5) is 0 Å². The number of Topliss-reactive ketones (excluding diaryl/α,β-unsaturated/α-hetero) is 2. The van der Waals surface area contributed by atoms with Crippen LogP contribution in [0.15, 0.2) is 83.8 Å². The van der Waals surface area contributed by atoms with E-state index in [1.165, 1.54) is 12.1 Å². The van der Waals surface area contributed by atoms with Crippen molar-refractivity contribution in [3.8, 4) is 11.1 Å². The maximum Gasteiger partial charge on any atom is 0.244 e. The SMILES string of the molecule is CCN1C(C(=O)c2ccc(-c3ccccc3)cc2)C(=O)c2ccccc2S1(=O)=O. The van der Waals surface area contributed by atoms with Gasteiger partial charge in [0.2, 0.25) is 10.0 Å². The summed E-state index contributed by atoms with van der Waals surface area (Å²) >= 11 is 0. The van der Waals surface area contributed by atoms with E-state index in [0.29, 0.717) is 5.56 Å². The van der Waals surface area contributed by atoms with E-state index >= 15 is 0 Å². The van der Waals surface area contributed by atoms with Gasteiger partial charge in [-0.05, 0) is 23.3 Å². The molecular formula is C23H19NO4S. The van der Waals surface area contributed by atoms with Crippen molar-refractivity contribution >= 4 is 21.6 Å². The van der Waals surface area contributed by atoms with Gasteiger partial charge in [-0.25, -0.2) is 8.42 Å². The van der Waals surface area contributed by atoms with E-state index in [-0.39, 0.29) is 17.0 Å². The second kappa shape index (κ2) is 7.39. The van der Waals surface area contributed by atoms with Crippen molar-refractivity contribution in [1.29, 1.82) is 0 Å². The summed E-state index contributed by atoms with van der Waals surface area (Å²) in [6, 6.07) is 21.2. The molecule has 5 nitrogen and oxygen atoms in total. The van der Waals surface area contributed by atoms with Crippen LogP contribution in [0.25, 0.3) is 11.1 Å². The molecule has 29 heavy (non-hydrogen) atoms. The molecular weight excluding hydrogens is 386 g/mol. The number of rotatable bonds is 4. The fourth-order valence-electron chi connectivity index (χ4n) is 3.66. The average molecular weight is 405 g/mol. The van der Waals surface area contributed by atoms with E-state index in [0.717, 1.165) is 15.4 Å². The standard InChI is InChI=1S/C23H19NO4S/c1-2-24-21(23(26)19-10-6-7-11-20(19)29(24,27)28)22(25)18-14-12-17(13-15-18)16-8-4-3-5-9-16/h3-15,21H,2H2,1H3. The van der Waals surface area contributed by atoms with Crippen LogP contribution in [0.1, 0.15) is 27.6 Å². The summed E-state index contributed by atoms with van der Waals surface area (Å²) in [4.78, 5) is 26.2. The van der Waals surface area contributed by atoms with Gasteiger partial charge in [-0.15, -0.1) is 0 Å². The van der Waals surface area contributed by atoms with Crippen molar-refractivity contribution < 1.29 is 18.0 Å². The van der Waals surface area contributed by atoms with Crippen molar-refractivity contribution in [3.63, 3.8) is 0 Å². The Hall–Kier alpha value is -3.09. The van der Waals surface area contributed by atoms with Gasteiger partial charge in [0.1, 0.15) is 0 Å². The molecule has 0 saturated heterocycles. The first kappa shape index (κ1) is 19.2. The zero-order valence-electron chi connectivity index (χ0n) is 15.8. The number of carbonyl (C=O) groups is 2. The number of ketones is 2. The van der Waals surface area contributed by atoms with Crippen LogP contribution >= 0.6 is 0 Å². The van der Waals surface area contributed by atoms with Gasteiger partial charge in [-0.1, -0.05) is 73.7 Å². The molecule has 1 aliphatic heterocycles. The molecule has 0 radical (unpaired) electrons. The molecule has 0 aliphatic carbocycles. The fraction of sp³-hybridized carbons (Fsp3) is 0.130. The Balaban J connectivity index is 1.74. The van der Waals surface area contributed by atoms with Crippen LogP contribution < -0.4 is 0 Å². The van der Waals surface area contributed by atoms with E-state index < -0.39 is 27.6 Å². The predicted molar refractivity (Wildman–Crippen MR) is 110 cm³/mol. The van der Waals surface area contributed by atoms with E-state index in [1.54, 1.807) is 43.3 Å². The van der Waals surface area contributed by atoms with Crippen LogP contribution in [0.3, 0.4) is 0 Å². The second-order valence-electron chi connectivity index (χ2n) is 6.78. The molecule has 1 unspecified atom stereocenters. The van der Waals surface area contributed by atoms with Gasteiger partial charge in [-0.3, -0.25) is 9.59 Å². The monoisotopic (exact) mass is 405 g/mol. The molecule has 4 rings (SSSR count). The quantitative estimate of drug-likeness (QED) is 0.489. The minimum absolute atomic E-state index is 0.0287. The summed E-state index contributed by atoms with van der Waals surface area (Å²) in [6.07, 6.45) is 0. The molecule has 1 heterocycles. The van der Waals surface area contributed by atoms with Crippen LogP contribution in [0.2, 0.25) is 0 Å². The molecule has 3 aromatic carbocycles. The van der Waals surface area contributed by atoms with Crippen LogP contribution in [-0.4, -0.2) is 36.9 Å². The molecule has 0 aromatic heterocycles. The summed E-state index contributed by atoms with van der Waals surface area (Å²) < 4.78 is 27.0. The van der Waals surface area contributed by atoms with E-state index in [4.69, 9.17) is 0 Å². The highest BCUT2D eigenvalue weighted by atomic mass is 32.2. The van der Waals surface area contributed by atoms with Crippen LogP contribution in [0.5, 0.6) is 0 Å². The molecule has 0 spiro atoms. The Morgan fingerprint density at radius 1 is 0.862 bits per heavy atom. The van der Waals surface area contributed by atoms with Gasteiger partial charge in [0.05, 0.1) is 4.90 Å². The first-order valence-electron chi connectivity index (χ1n) is 9.30. The highest BCUT2D eigenvalue weighted by Gasteiger charge is 2.46. The molecule has 0 fully saturated rings. The third-order valence-corrected chi connectivity index (χ3v) is 7.11. The molecule has 1 atom stereocenters. The molecule has 0 amide bonds. The maximum absolute atomic E-state index is 13.2. The molecule has 0 bridgehead atoms. The summed E-state index contributed by atoms with van der Waals surface area (Å²) in [6.45, 7) is 1.65. The lowest BCUT2D eigenvalue weighted by atomic mass is 9.94. The molecule has 0 saturated carbocycles. The lowest BCUT2D eigenvalue weighted by molar-refractivity contribution is 0.0771. The topological polar surface area (TPSA) is 71.5 Å². The Morgan fingerprint density at radius 3 is 2.10 bits per heavy atom. The van der Waals surface area contributed by atoms with Crippen molar-refractivity contribution in [2.45, 2.75) is 17.9 Å². The number of likely N-dealkylation sites (N-methyl/N-ethyl adjacent to an activating group) is 1. The Bertz CT molecular complexity index is 1190. The first-order chi connectivity index (χ1) is 13.9. The smallest absolute Gasteiger partial charge is 0.244 e. The number of sulfonamides is 1. The van der Waals surface area contributed by atoms with Crippen molar-refractivity contribution in [3.05, 3.63) is 90.0 Å². The lowest BCUT2D eigenvalue weighted by Crippen LogP contribution is -2.53. The number of hydrogen-bond donors (Lipinski definition) is 0. The van der Waals surface area contributed by atoms with Crippen LogP contribution in [-0.2, 0) is 10.0 Å². The third-order valence-electron chi connectivity index (χ3n) is 5.11. The van der Waals surface area contributed by atoms with Gasteiger partial charge >= 0.3 is 0 Å². The highest BCUT2D eigenvalue weighted by molar-refractivity contribution is 7.89. The average Bonchev–Trinajstić information content (AvgIpc) is 2.76. The summed E-state index contributed by atoms with van der Waals surface area (Å²) in [5.74, 6) is -1.01. The summed E-state index contributed by atoms with van der Waals surface area (Å²) in [5, 5.41) is 0. The van der Waals surface area contributed by atoms with Gasteiger partial charge < -0.3 is 0 Å². The fourth-order valence-corrected chi connectivity index (χ4v) is 5.41. The Kier molecular flexibility index (Phi) is 4.90. The number of benzene rings is 3. The zero-order chi connectivity index (χ0) is 20.6. The number of nitrogens with zero attached hydrogens (tertiary/aromatic N) is 1. The van der Waals surface area contributed by atoms with Crippen molar-refractivity contribution in [1.82, 2.24) is 4.31 Å². The van der Waals surface area contributed by atoms with Gasteiger partial charge in [0, 0.05) is 17.7 Å². The minimum atomic E-state index is -3.93. The van der Waals surface area contributed by atoms with Gasteiger partial charge in [0.25, 0.3) is 0 Å². The molecule has 1 aliphatic rings. The Labute approximate surface area is 169 Å². The number of fused-ring (bicyclic) bond motifs is 1. The van der Waals surface area contributed by atoms with E-state index in [1.807, 2.05) is 30.3 Å². The van der Waals surface area contributed by atoms with Gasteiger partial charge in [-0.2, -0.15) is 4.31 Å².